The van der Waals surface area contributed by atoms with Crippen LogP contribution in [0.1, 0.15) is 60.3 Å². The molecule has 2 rings (SSSR count). The van der Waals surface area contributed by atoms with Crippen molar-refractivity contribution in [2.24, 2.45) is 17.8 Å². The summed E-state index contributed by atoms with van der Waals surface area (Å²) in [6, 6.07) is 0.720. The molecule has 0 bridgehead atoms. The molecule has 1 heterocycles. The fraction of sp³-hybridized carbons (Fsp3) is 1.00. The van der Waals surface area contributed by atoms with Crippen LogP contribution in [-0.2, 0) is 4.74 Å². The van der Waals surface area contributed by atoms with Crippen LogP contribution in [0, 0.1) is 17.8 Å². The zero-order valence-corrected chi connectivity index (χ0v) is 12.8. The molecule has 6 unspecified atom stereocenters. The third-order valence-corrected chi connectivity index (χ3v) is 5.97. The van der Waals surface area contributed by atoms with Crippen LogP contribution in [0.5, 0.6) is 0 Å². The maximum absolute atomic E-state index is 5.87. The second-order valence-electron chi connectivity index (χ2n) is 6.72. The zero-order valence-electron chi connectivity index (χ0n) is 12.8. The maximum Gasteiger partial charge on any atom is 0.0578 e. The molecule has 0 aromatic carbocycles. The molecule has 0 spiro atoms. The average Bonchev–Trinajstić information content (AvgIpc) is 2.37. The van der Waals surface area contributed by atoms with Crippen molar-refractivity contribution in [2.45, 2.75) is 78.0 Å². The number of hydrogen-bond donors (Lipinski definition) is 1. The van der Waals surface area contributed by atoms with E-state index >= 15 is 0 Å². The average molecular weight is 253 g/mol. The minimum Gasteiger partial charge on any atom is -0.378 e. The summed E-state index contributed by atoms with van der Waals surface area (Å²) in [5.41, 5.74) is 0.332. The van der Waals surface area contributed by atoms with E-state index in [1.807, 2.05) is 0 Å². The largest absolute Gasteiger partial charge is 0.378 e. The molecule has 1 aliphatic heterocycles. The first-order chi connectivity index (χ1) is 8.51. The van der Waals surface area contributed by atoms with Crippen LogP contribution in [-0.4, -0.2) is 24.3 Å². The Hall–Kier alpha value is -0.0800. The molecule has 1 aliphatic carbocycles. The van der Waals surface area contributed by atoms with Crippen LogP contribution in [0.4, 0.5) is 0 Å². The summed E-state index contributed by atoms with van der Waals surface area (Å²) >= 11 is 0. The van der Waals surface area contributed by atoms with Gasteiger partial charge in [0.05, 0.1) is 6.10 Å². The summed E-state index contributed by atoms with van der Waals surface area (Å²) in [5, 5.41) is 3.97. The highest BCUT2D eigenvalue weighted by molar-refractivity contribution is 5.03. The Morgan fingerprint density at radius 1 is 1.22 bits per heavy atom. The van der Waals surface area contributed by atoms with Gasteiger partial charge in [0, 0.05) is 18.2 Å². The Labute approximate surface area is 113 Å². The number of hydrogen-bond acceptors (Lipinski definition) is 2. The van der Waals surface area contributed by atoms with Crippen LogP contribution in [0.2, 0.25) is 0 Å². The summed E-state index contributed by atoms with van der Waals surface area (Å²) in [5.74, 6) is 2.37. The van der Waals surface area contributed by atoms with Gasteiger partial charge in [0.25, 0.3) is 0 Å². The zero-order chi connectivity index (χ0) is 13.3. The minimum atomic E-state index is 0.332. The van der Waals surface area contributed by atoms with Crippen LogP contribution >= 0.6 is 0 Å². The van der Waals surface area contributed by atoms with Crippen molar-refractivity contribution >= 4 is 0 Å². The number of ether oxygens (including phenoxy) is 1. The molecule has 0 aromatic rings. The quantitative estimate of drug-likeness (QED) is 0.829. The van der Waals surface area contributed by atoms with E-state index in [4.69, 9.17) is 4.74 Å². The lowest BCUT2D eigenvalue weighted by atomic mass is 9.62. The second-order valence-corrected chi connectivity index (χ2v) is 6.72. The van der Waals surface area contributed by atoms with E-state index < -0.39 is 0 Å². The monoisotopic (exact) mass is 253 g/mol. The van der Waals surface area contributed by atoms with Crippen LogP contribution in [0.15, 0.2) is 0 Å². The minimum absolute atomic E-state index is 0.332. The Bertz CT molecular complexity index is 278. The molecule has 1 saturated heterocycles. The first-order valence-electron chi connectivity index (χ1n) is 7.91. The normalized spacial score (nSPS) is 48.8. The molecule has 1 N–H and O–H groups in total. The molecular formula is C16H31NO. The fourth-order valence-electron chi connectivity index (χ4n) is 4.24. The summed E-state index contributed by atoms with van der Waals surface area (Å²) in [6.07, 6.45) is 5.54. The van der Waals surface area contributed by atoms with E-state index in [0.29, 0.717) is 11.6 Å². The molecule has 106 valence electrons. The molecule has 0 aromatic heterocycles. The first kappa shape index (κ1) is 14.3. The van der Waals surface area contributed by atoms with Crippen molar-refractivity contribution in [1.82, 2.24) is 5.32 Å². The maximum atomic E-state index is 5.87. The predicted octanol–water partition coefficient (Wildman–Crippen LogP) is 3.60. The number of fused-ring (bicyclic) bond motifs is 1. The van der Waals surface area contributed by atoms with E-state index in [-0.39, 0.29) is 0 Å². The van der Waals surface area contributed by atoms with Gasteiger partial charge in [-0.25, -0.2) is 0 Å². The molecule has 2 heteroatoms. The molecular weight excluding hydrogens is 222 g/mol. The summed E-state index contributed by atoms with van der Waals surface area (Å²) in [6.45, 7) is 12.6. The topological polar surface area (TPSA) is 21.3 Å². The van der Waals surface area contributed by atoms with Gasteiger partial charge >= 0.3 is 0 Å². The lowest BCUT2D eigenvalue weighted by Gasteiger charge is -2.54. The van der Waals surface area contributed by atoms with E-state index in [9.17, 15) is 0 Å². The third kappa shape index (κ3) is 2.46. The van der Waals surface area contributed by atoms with Gasteiger partial charge in [0.1, 0.15) is 0 Å². The second kappa shape index (κ2) is 5.50. The first-order valence-corrected chi connectivity index (χ1v) is 7.91. The highest BCUT2D eigenvalue weighted by Crippen LogP contribution is 2.44. The van der Waals surface area contributed by atoms with E-state index in [0.717, 1.165) is 30.4 Å². The molecule has 2 fully saturated rings. The van der Waals surface area contributed by atoms with Crippen molar-refractivity contribution < 1.29 is 4.74 Å². The number of rotatable bonds is 3. The lowest BCUT2D eigenvalue weighted by Crippen LogP contribution is -2.64. The number of nitrogens with one attached hydrogen (secondary N) is 1. The molecule has 2 nitrogen and oxygen atoms in total. The SMILES string of the molecule is CCOC1CCC2NC(C)(CC)C(C)C(C)C2C1. The third-order valence-electron chi connectivity index (χ3n) is 5.97. The van der Waals surface area contributed by atoms with Crippen molar-refractivity contribution in [1.29, 1.82) is 0 Å². The van der Waals surface area contributed by atoms with Crippen molar-refractivity contribution in [3.8, 4) is 0 Å². The summed E-state index contributed by atoms with van der Waals surface area (Å²) in [7, 11) is 0. The molecule has 6 atom stereocenters. The molecule has 2 aliphatic rings. The summed E-state index contributed by atoms with van der Waals surface area (Å²) < 4.78 is 5.87. The van der Waals surface area contributed by atoms with Gasteiger partial charge in [-0.05, 0) is 57.3 Å². The molecule has 0 amide bonds. The van der Waals surface area contributed by atoms with Gasteiger partial charge in [-0.15, -0.1) is 0 Å². The van der Waals surface area contributed by atoms with Crippen molar-refractivity contribution in [3.05, 3.63) is 0 Å². The van der Waals surface area contributed by atoms with E-state index in [2.05, 4.69) is 39.9 Å². The highest BCUT2D eigenvalue weighted by Gasteiger charge is 2.47. The fourth-order valence-corrected chi connectivity index (χ4v) is 4.24. The molecule has 18 heavy (non-hydrogen) atoms. The Morgan fingerprint density at radius 3 is 2.56 bits per heavy atom. The van der Waals surface area contributed by atoms with Gasteiger partial charge in [-0.3, -0.25) is 0 Å². The van der Waals surface area contributed by atoms with E-state index in [1.54, 1.807) is 0 Å². The lowest BCUT2D eigenvalue weighted by molar-refractivity contribution is -0.0456. The van der Waals surface area contributed by atoms with Crippen molar-refractivity contribution in [3.63, 3.8) is 0 Å². The van der Waals surface area contributed by atoms with Crippen LogP contribution in [0.3, 0.4) is 0 Å². The predicted molar refractivity (Wildman–Crippen MR) is 76.7 cm³/mol. The number of piperidine rings is 1. The van der Waals surface area contributed by atoms with Gasteiger partial charge in [0.2, 0.25) is 0 Å². The smallest absolute Gasteiger partial charge is 0.0578 e. The van der Waals surface area contributed by atoms with Gasteiger partial charge in [-0.2, -0.15) is 0 Å². The van der Waals surface area contributed by atoms with Gasteiger partial charge < -0.3 is 10.1 Å². The van der Waals surface area contributed by atoms with Crippen LogP contribution < -0.4 is 5.32 Å². The highest BCUT2D eigenvalue weighted by atomic mass is 16.5. The van der Waals surface area contributed by atoms with E-state index in [1.165, 1.54) is 25.7 Å². The Kier molecular flexibility index (Phi) is 4.38. The molecule has 0 radical (unpaired) electrons. The summed E-state index contributed by atoms with van der Waals surface area (Å²) in [4.78, 5) is 0. The van der Waals surface area contributed by atoms with Gasteiger partial charge in [0.15, 0.2) is 0 Å². The van der Waals surface area contributed by atoms with Crippen molar-refractivity contribution in [2.75, 3.05) is 6.61 Å². The van der Waals surface area contributed by atoms with Crippen LogP contribution in [0.25, 0.3) is 0 Å². The Morgan fingerprint density at radius 2 is 1.94 bits per heavy atom. The molecule has 1 saturated carbocycles. The standard InChI is InChI=1S/C16H31NO/c1-6-16(5)12(4)11(3)14-10-13(18-7-2)8-9-15(14)17-16/h11-15,17H,6-10H2,1-5H3. The van der Waals surface area contributed by atoms with Gasteiger partial charge in [-0.1, -0.05) is 20.8 Å². The Balaban J connectivity index is 2.08.